The molecule has 0 unspecified atom stereocenters. The molecule has 4 aromatic rings. The molecule has 1 aliphatic carbocycles. The first-order valence-corrected chi connectivity index (χ1v) is 10.8. The second-order valence-electron chi connectivity index (χ2n) is 7.98. The van der Waals surface area contributed by atoms with Crippen LogP contribution in [0.25, 0.3) is 5.65 Å². The third-order valence-corrected chi connectivity index (χ3v) is 5.71. The fourth-order valence-corrected chi connectivity index (χ4v) is 3.81. The summed E-state index contributed by atoms with van der Waals surface area (Å²) in [5.41, 5.74) is -0.314. The van der Waals surface area contributed by atoms with Gasteiger partial charge in [-0.1, -0.05) is 41.9 Å². The van der Waals surface area contributed by atoms with Gasteiger partial charge in [0.25, 0.3) is 5.91 Å². The van der Waals surface area contributed by atoms with E-state index in [9.17, 15) is 22.8 Å². The average molecular weight is 485 g/mol. The van der Waals surface area contributed by atoms with Gasteiger partial charge in [-0.25, -0.2) is 9.50 Å². The van der Waals surface area contributed by atoms with E-state index >= 15 is 0 Å². The molecule has 0 aliphatic heterocycles. The van der Waals surface area contributed by atoms with Crippen LogP contribution < -0.4 is 5.32 Å². The minimum atomic E-state index is -4.67. The number of hydrogen-bond donors (Lipinski definition) is 1. The number of ketones is 1. The number of fused-ring (bicyclic) bond motifs is 1. The molecule has 1 saturated carbocycles. The summed E-state index contributed by atoms with van der Waals surface area (Å²) in [6, 6.07) is 15.0. The molecule has 1 aliphatic rings. The highest BCUT2D eigenvalue weighted by Gasteiger charge is 2.37. The Morgan fingerprint density at radius 3 is 2.44 bits per heavy atom. The topological polar surface area (TPSA) is 76.4 Å². The molecule has 0 spiro atoms. The first-order valence-electron chi connectivity index (χ1n) is 10.4. The van der Waals surface area contributed by atoms with Crippen molar-refractivity contribution in [1.29, 1.82) is 0 Å². The summed E-state index contributed by atoms with van der Waals surface area (Å²) in [6.45, 7) is 0. The Hall–Kier alpha value is -3.72. The van der Waals surface area contributed by atoms with E-state index in [1.165, 1.54) is 24.3 Å². The van der Waals surface area contributed by atoms with Crippen LogP contribution in [0.2, 0.25) is 5.02 Å². The van der Waals surface area contributed by atoms with Crippen molar-refractivity contribution in [2.24, 2.45) is 0 Å². The summed E-state index contributed by atoms with van der Waals surface area (Å²) in [4.78, 5) is 30.2. The van der Waals surface area contributed by atoms with Crippen molar-refractivity contribution in [2.75, 3.05) is 5.32 Å². The van der Waals surface area contributed by atoms with Crippen molar-refractivity contribution in [2.45, 2.75) is 24.9 Å². The van der Waals surface area contributed by atoms with E-state index in [1.54, 1.807) is 30.3 Å². The molecule has 172 valence electrons. The second-order valence-corrected chi connectivity index (χ2v) is 8.41. The van der Waals surface area contributed by atoms with Crippen LogP contribution in [0.3, 0.4) is 0 Å². The molecule has 1 fully saturated rings. The summed E-state index contributed by atoms with van der Waals surface area (Å²) in [7, 11) is 0. The normalized spacial score (nSPS) is 13.8. The van der Waals surface area contributed by atoms with E-state index in [0.717, 1.165) is 18.9 Å². The van der Waals surface area contributed by atoms with E-state index in [0.29, 0.717) is 15.8 Å². The van der Waals surface area contributed by atoms with Crippen LogP contribution in [0.1, 0.15) is 56.6 Å². The van der Waals surface area contributed by atoms with Gasteiger partial charge in [-0.3, -0.25) is 9.59 Å². The summed E-state index contributed by atoms with van der Waals surface area (Å²) < 4.78 is 41.5. The summed E-state index contributed by atoms with van der Waals surface area (Å²) in [5.74, 6) is -1.17. The van der Waals surface area contributed by atoms with Crippen LogP contribution in [0.4, 0.5) is 18.9 Å². The molecule has 6 nitrogen and oxygen atoms in total. The Bertz CT molecular complexity index is 1430. The van der Waals surface area contributed by atoms with Crippen LogP contribution in [-0.2, 0) is 6.18 Å². The molecule has 0 bridgehead atoms. The number of hydrogen-bond acceptors (Lipinski definition) is 4. The van der Waals surface area contributed by atoms with Crippen molar-refractivity contribution in [3.05, 3.63) is 93.9 Å². The van der Waals surface area contributed by atoms with Crippen LogP contribution in [0, 0.1) is 0 Å². The van der Waals surface area contributed by atoms with Crippen LogP contribution in [0.5, 0.6) is 0 Å². The van der Waals surface area contributed by atoms with Gasteiger partial charge in [0.15, 0.2) is 17.1 Å². The fourth-order valence-electron chi connectivity index (χ4n) is 3.64. The minimum absolute atomic E-state index is 0.0149. The van der Waals surface area contributed by atoms with Gasteiger partial charge >= 0.3 is 6.18 Å². The summed E-state index contributed by atoms with van der Waals surface area (Å²) >= 11 is 6.07. The number of carbonyl (C=O) groups excluding carboxylic acids is 2. The van der Waals surface area contributed by atoms with Crippen molar-refractivity contribution < 1.29 is 22.8 Å². The van der Waals surface area contributed by atoms with Gasteiger partial charge in [0, 0.05) is 33.8 Å². The predicted molar refractivity (Wildman–Crippen MR) is 119 cm³/mol. The first kappa shape index (κ1) is 22.1. The maximum Gasteiger partial charge on any atom is 0.433 e. The number of benzene rings is 2. The predicted octanol–water partition coefficient (Wildman–Crippen LogP) is 5.76. The maximum atomic E-state index is 13.6. The average Bonchev–Trinajstić information content (AvgIpc) is 3.57. The molecule has 0 radical (unpaired) electrons. The van der Waals surface area contributed by atoms with Gasteiger partial charge in [0.05, 0.1) is 5.69 Å². The quantitative estimate of drug-likeness (QED) is 0.365. The van der Waals surface area contributed by atoms with Gasteiger partial charge in [0.2, 0.25) is 0 Å². The number of anilines is 1. The fraction of sp³-hybridized carbons (Fsp3) is 0.167. The van der Waals surface area contributed by atoms with Gasteiger partial charge in [0.1, 0.15) is 5.69 Å². The monoisotopic (exact) mass is 484 g/mol. The summed E-state index contributed by atoms with van der Waals surface area (Å²) in [5, 5.41) is 6.72. The second kappa shape index (κ2) is 8.25. The molecule has 1 amide bonds. The molecule has 10 heteroatoms. The number of carbonyl (C=O) groups is 2. The van der Waals surface area contributed by atoms with Crippen molar-refractivity contribution >= 4 is 34.6 Å². The Morgan fingerprint density at radius 1 is 1.03 bits per heavy atom. The smallest absolute Gasteiger partial charge is 0.320 e. The first-order chi connectivity index (χ1) is 16.2. The van der Waals surface area contributed by atoms with E-state index < -0.39 is 17.8 Å². The highest BCUT2D eigenvalue weighted by atomic mass is 35.5. The number of rotatable bonds is 5. The number of nitrogens with one attached hydrogen (secondary N) is 1. The van der Waals surface area contributed by atoms with E-state index in [-0.39, 0.29) is 39.3 Å². The highest BCUT2D eigenvalue weighted by Crippen LogP contribution is 2.41. The van der Waals surface area contributed by atoms with Crippen LogP contribution in [-0.4, -0.2) is 26.3 Å². The molecular weight excluding hydrogens is 469 g/mol. The largest absolute Gasteiger partial charge is 0.433 e. The van der Waals surface area contributed by atoms with Crippen LogP contribution in [0.15, 0.2) is 60.7 Å². The van der Waals surface area contributed by atoms with Crippen molar-refractivity contribution in [3.8, 4) is 0 Å². The molecule has 2 aromatic carbocycles. The Kier molecular flexibility index (Phi) is 5.36. The maximum absolute atomic E-state index is 13.6. The Balaban J connectivity index is 1.51. The number of nitrogens with zero attached hydrogens (tertiary/aromatic N) is 3. The molecule has 2 aromatic heterocycles. The molecule has 5 rings (SSSR count). The lowest BCUT2D eigenvalue weighted by Crippen LogP contribution is -2.17. The number of amides is 1. The van der Waals surface area contributed by atoms with Gasteiger partial charge in [-0.2, -0.15) is 18.3 Å². The molecular formula is C24H16ClF3N4O2. The SMILES string of the molecule is O=C(Nc1ccc(Cl)cc1C(=O)c1ccccc1)c1cc2nc(C3CC3)cc(C(F)(F)F)n2n1. The van der Waals surface area contributed by atoms with Crippen molar-refractivity contribution in [1.82, 2.24) is 14.6 Å². The molecule has 0 atom stereocenters. The zero-order valence-electron chi connectivity index (χ0n) is 17.4. The molecule has 1 N–H and O–H groups in total. The lowest BCUT2D eigenvalue weighted by Gasteiger charge is -2.11. The Labute approximate surface area is 196 Å². The van der Waals surface area contributed by atoms with Gasteiger partial charge in [-0.05, 0) is 37.1 Å². The highest BCUT2D eigenvalue weighted by molar-refractivity contribution is 6.31. The number of aromatic nitrogens is 3. The zero-order valence-corrected chi connectivity index (χ0v) is 18.2. The third-order valence-electron chi connectivity index (χ3n) is 5.48. The molecule has 0 saturated heterocycles. The minimum Gasteiger partial charge on any atom is -0.320 e. The lowest BCUT2D eigenvalue weighted by atomic mass is 10.0. The van der Waals surface area contributed by atoms with Crippen LogP contribution >= 0.6 is 11.6 Å². The lowest BCUT2D eigenvalue weighted by molar-refractivity contribution is -0.142. The summed E-state index contributed by atoms with van der Waals surface area (Å²) in [6.07, 6.45) is -3.12. The zero-order chi connectivity index (χ0) is 24.0. The number of alkyl halides is 3. The van der Waals surface area contributed by atoms with E-state index in [4.69, 9.17) is 11.6 Å². The molecule has 34 heavy (non-hydrogen) atoms. The van der Waals surface area contributed by atoms with E-state index in [2.05, 4.69) is 15.4 Å². The standard InChI is InChI=1S/C24H16ClF3N4O2/c25-15-8-9-17(16(10-15)22(33)14-4-2-1-3-5-14)30-23(34)19-12-21-29-18(13-6-7-13)11-20(24(26,27)28)32(21)31-19/h1-5,8-13H,6-7H2,(H,30,34). The Morgan fingerprint density at radius 2 is 1.76 bits per heavy atom. The van der Waals surface area contributed by atoms with Gasteiger partial charge in [-0.15, -0.1) is 0 Å². The third kappa shape index (κ3) is 4.26. The van der Waals surface area contributed by atoms with Gasteiger partial charge < -0.3 is 5.32 Å². The molecule has 2 heterocycles. The van der Waals surface area contributed by atoms with E-state index in [1.807, 2.05) is 0 Å². The number of halogens is 4. The van der Waals surface area contributed by atoms with Crippen molar-refractivity contribution in [3.63, 3.8) is 0 Å².